The van der Waals surface area contributed by atoms with Crippen LogP contribution in [0.15, 0.2) is 52.9 Å². The van der Waals surface area contributed by atoms with Crippen LogP contribution in [-0.2, 0) is 0 Å². The SMILES string of the molecule is CCCCCOc1ccc(C(=O)Nc2nnc(C3COc4ccccc4O3)o2)cc1. The van der Waals surface area contributed by atoms with E-state index in [2.05, 4.69) is 22.4 Å². The highest BCUT2D eigenvalue weighted by Gasteiger charge is 2.27. The fourth-order valence-electron chi connectivity index (χ4n) is 2.97. The average molecular weight is 409 g/mol. The Labute approximate surface area is 174 Å². The maximum atomic E-state index is 12.4. The van der Waals surface area contributed by atoms with E-state index >= 15 is 0 Å². The van der Waals surface area contributed by atoms with Gasteiger partial charge in [0.25, 0.3) is 11.8 Å². The summed E-state index contributed by atoms with van der Waals surface area (Å²) in [4.78, 5) is 12.4. The molecule has 0 spiro atoms. The molecule has 1 unspecified atom stereocenters. The predicted molar refractivity (Wildman–Crippen MR) is 109 cm³/mol. The van der Waals surface area contributed by atoms with Gasteiger partial charge in [-0.2, -0.15) is 0 Å². The van der Waals surface area contributed by atoms with E-state index in [9.17, 15) is 4.79 Å². The van der Waals surface area contributed by atoms with Crippen LogP contribution in [0.25, 0.3) is 0 Å². The molecule has 156 valence electrons. The molecule has 0 bridgehead atoms. The first-order valence-corrected chi connectivity index (χ1v) is 9.99. The molecule has 2 heterocycles. The average Bonchev–Trinajstić information content (AvgIpc) is 3.25. The zero-order valence-corrected chi connectivity index (χ0v) is 16.7. The molecule has 4 rings (SSSR count). The number of nitrogens with zero attached hydrogens (tertiary/aromatic N) is 2. The lowest BCUT2D eigenvalue weighted by atomic mass is 10.2. The molecule has 1 N–H and O–H groups in total. The molecule has 0 saturated carbocycles. The van der Waals surface area contributed by atoms with Gasteiger partial charge >= 0.3 is 6.01 Å². The standard InChI is InChI=1S/C22H23N3O5/c1-2-3-6-13-27-16-11-9-15(10-12-16)20(26)23-22-25-24-21(30-22)19-14-28-17-7-4-5-8-18(17)29-19/h4-5,7-12,19H,2-3,6,13-14H2,1H3,(H,23,25,26). The summed E-state index contributed by atoms with van der Waals surface area (Å²) in [5.41, 5.74) is 0.460. The highest BCUT2D eigenvalue weighted by Crippen LogP contribution is 2.35. The number of rotatable bonds is 8. The van der Waals surface area contributed by atoms with Crippen LogP contribution in [-0.4, -0.2) is 29.3 Å². The maximum Gasteiger partial charge on any atom is 0.322 e. The summed E-state index contributed by atoms with van der Waals surface area (Å²) in [5.74, 6) is 1.89. The number of hydrogen-bond acceptors (Lipinski definition) is 7. The number of benzene rings is 2. The molecular weight excluding hydrogens is 386 g/mol. The Hall–Kier alpha value is -3.55. The van der Waals surface area contributed by atoms with Crippen molar-refractivity contribution in [3.05, 3.63) is 60.0 Å². The minimum Gasteiger partial charge on any atom is -0.494 e. The Kier molecular flexibility index (Phi) is 6.12. The van der Waals surface area contributed by atoms with Crippen LogP contribution in [0.1, 0.15) is 48.5 Å². The number of unbranched alkanes of at least 4 members (excludes halogenated alkanes) is 2. The number of para-hydroxylation sites is 2. The third-order valence-electron chi connectivity index (χ3n) is 4.58. The quantitative estimate of drug-likeness (QED) is 0.551. The lowest BCUT2D eigenvalue weighted by molar-refractivity contribution is 0.0716. The minimum absolute atomic E-state index is 0.00245. The number of nitrogens with one attached hydrogen (secondary N) is 1. The molecule has 1 aliphatic rings. The maximum absolute atomic E-state index is 12.4. The number of fused-ring (bicyclic) bond motifs is 1. The topological polar surface area (TPSA) is 95.7 Å². The second kappa shape index (κ2) is 9.30. The first kappa shape index (κ1) is 19.8. The van der Waals surface area contributed by atoms with Gasteiger partial charge in [-0.1, -0.05) is 37.0 Å². The number of carbonyl (C=O) groups is 1. The number of anilines is 1. The monoisotopic (exact) mass is 409 g/mol. The van der Waals surface area contributed by atoms with Crippen LogP contribution in [0.3, 0.4) is 0 Å². The van der Waals surface area contributed by atoms with Gasteiger partial charge in [-0.15, -0.1) is 5.10 Å². The summed E-state index contributed by atoms with van der Waals surface area (Å²) < 4.78 is 22.7. The molecule has 8 heteroatoms. The van der Waals surface area contributed by atoms with Crippen molar-refractivity contribution >= 4 is 11.9 Å². The van der Waals surface area contributed by atoms with E-state index < -0.39 is 6.10 Å². The van der Waals surface area contributed by atoms with Gasteiger partial charge in [-0.05, 0) is 42.8 Å². The fraction of sp³-hybridized carbons (Fsp3) is 0.318. The number of amides is 1. The van der Waals surface area contributed by atoms with Crippen LogP contribution in [0.5, 0.6) is 17.2 Å². The van der Waals surface area contributed by atoms with Crippen molar-refractivity contribution in [2.24, 2.45) is 0 Å². The van der Waals surface area contributed by atoms with Gasteiger partial charge in [0, 0.05) is 5.56 Å². The molecule has 1 aromatic heterocycles. The van der Waals surface area contributed by atoms with Gasteiger partial charge in [0.1, 0.15) is 12.4 Å². The Morgan fingerprint density at radius 2 is 1.90 bits per heavy atom. The minimum atomic E-state index is -0.540. The van der Waals surface area contributed by atoms with E-state index in [1.165, 1.54) is 0 Å². The summed E-state index contributed by atoms with van der Waals surface area (Å²) in [7, 11) is 0. The van der Waals surface area contributed by atoms with Crippen LogP contribution >= 0.6 is 0 Å². The van der Waals surface area contributed by atoms with E-state index in [1.807, 2.05) is 18.2 Å². The molecule has 3 aromatic rings. The number of hydrogen-bond donors (Lipinski definition) is 1. The molecule has 1 atom stereocenters. The van der Waals surface area contributed by atoms with E-state index in [4.69, 9.17) is 18.6 Å². The first-order valence-electron chi connectivity index (χ1n) is 9.99. The molecule has 2 aromatic carbocycles. The second-order valence-corrected chi connectivity index (χ2v) is 6.84. The van der Waals surface area contributed by atoms with Crippen molar-refractivity contribution in [1.29, 1.82) is 0 Å². The smallest absolute Gasteiger partial charge is 0.322 e. The van der Waals surface area contributed by atoms with E-state index in [0.717, 1.165) is 25.0 Å². The van der Waals surface area contributed by atoms with Crippen LogP contribution < -0.4 is 19.5 Å². The summed E-state index contributed by atoms with van der Waals surface area (Å²) in [6, 6.07) is 14.3. The molecule has 0 radical (unpaired) electrons. The zero-order valence-electron chi connectivity index (χ0n) is 16.7. The van der Waals surface area contributed by atoms with Crippen molar-refractivity contribution < 1.29 is 23.4 Å². The predicted octanol–water partition coefficient (Wildman–Crippen LogP) is 4.40. The summed E-state index contributed by atoms with van der Waals surface area (Å²) in [6.45, 7) is 3.06. The van der Waals surface area contributed by atoms with Crippen LogP contribution in [0, 0.1) is 0 Å². The molecular formula is C22H23N3O5. The van der Waals surface area contributed by atoms with Crippen molar-refractivity contribution in [3.63, 3.8) is 0 Å². The largest absolute Gasteiger partial charge is 0.494 e. The Morgan fingerprint density at radius 3 is 2.70 bits per heavy atom. The number of aromatic nitrogens is 2. The van der Waals surface area contributed by atoms with Gasteiger partial charge in [0.05, 0.1) is 6.61 Å². The molecule has 30 heavy (non-hydrogen) atoms. The van der Waals surface area contributed by atoms with Crippen molar-refractivity contribution in [2.45, 2.75) is 32.3 Å². The molecule has 8 nitrogen and oxygen atoms in total. The van der Waals surface area contributed by atoms with E-state index in [0.29, 0.717) is 23.7 Å². The first-order chi connectivity index (χ1) is 14.7. The lowest BCUT2D eigenvalue weighted by Gasteiger charge is -2.23. The summed E-state index contributed by atoms with van der Waals surface area (Å²) >= 11 is 0. The van der Waals surface area contributed by atoms with Gasteiger partial charge in [-0.25, -0.2) is 0 Å². The molecule has 0 aliphatic carbocycles. The zero-order chi connectivity index (χ0) is 20.8. The normalized spacial score (nSPS) is 14.9. The van der Waals surface area contributed by atoms with E-state index in [1.54, 1.807) is 30.3 Å². The summed E-state index contributed by atoms with van der Waals surface area (Å²) in [5, 5.41) is 10.4. The Bertz CT molecular complexity index is 986. The fourth-order valence-corrected chi connectivity index (χ4v) is 2.97. The van der Waals surface area contributed by atoms with Crippen LogP contribution in [0.4, 0.5) is 6.01 Å². The third-order valence-corrected chi connectivity index (χ3v) is 4.58. The van der Waals surface area contributed by atoms with Gasteiger partial charge in [0.15, 0.2) is 11.5 Å². The van der Waals surface area contributed by atoms with Crippen molar-refractivity contribution in [1.82, 2.24) is 10.2 Å². The second-order valence-electron chi connectivity index (χ2n) is 6.84. The lowest BCUT2D eigenvalue weighted by Crippen LogP contribution is -2.21. The van der Waals surface area contributed by atoms with Crippen molar-refractivity contribution in [3.8, 4) is 17.2 Å². The highest BCUT2D eigenvalue weighted by atomic mass is 16.6. The van der Waals surface area contributed by atoms with Crippen molar-refractivity contribution in [2.75, 3.05) is 18.5 Å². The number of ether oxygens (including phenoxy) is 3. The molecule has 1 aliphatic heterocycles. The van der Waals surface area contributed by atoms with Crippen LogP contribution in [0.2, 0.25) is 0 Å². The molecule has 1 amide bonds. The molecule has 0 fully saturated rings. The van der Waals surface area contributed by atoms with Gasteiger partial charge < -0.3 is 18.6 Å². The van der Waals surface area contributed by atoms with Gasteiger partial charge in [-0.3, -0.25) is 10.1 Å². The van der Waals surface area contributed by atoms with Gasteiger partial charge in [0.2, 0.25) is 6.10 Å². The summed E-state index contributed by atoms with van der Waals surface area (Å²) in [6.07, 6.45) is 2.76. The Morgan fingerprint density at radius 1 is 1.10 bits per heavy atom. The Balaban J connectivity index is 1.33. The molecule has 0 saturated heterocycles. The highest BCUT2D eigenvalue weighted by molar-refractivity contribution is 6.03. The van der Waals surface area contributed by atoms with E-state index in [-0.39, 0.29) is 24.4 Å². The number of carbonyl (C=O) groups excluding carboxylic acids is 1. The third kappa shape index (κ3) is 4.71.